The Morgan fingerprint density at radius 3 is 2.77 bits per heavy atom. The molecule has 1 unspecified atom stereocenters. The topological polar surface area (TPSA) is 58.2 Å². The molecule has 1 aromatic heterocycles. The maximum atomic E-state index is 9.50. The van der Waals surface area contributed by atoms with E-state index in [4.69, 9.17) is 4.74 Å². The SMILES string of the molecule is COCC(CO)Cn1cc(C(C)(C)C#N)c2ccc(Br)cc21. The highest BCUT2D eigenvalue weighted by Gasteiger charge is 2.25. The van der Waals surface area contributed by atoms with Gasteiger partial charge < -0.3 is 14.4 Å². The highest BCUT2D eigenvalue weighted by molar-refractivity contribution is 9.10. The van der Waals surface area contributed by atoms with Crippen LogP contribution in [0.25, 0.3) is 10.9 Å². The van der Waals surface area contributed by atoms with Crippen molar-refractivity contribution in [3.05, 3.63) is 34.4 Å². The Morgan fingerprint density at radius 2 is 2.18 bits per heavy atom. The number of nitriles is 1. The molecule has 0 aliphatic heterocycles. The fourth-order valence-corrected chi connectivity index (χ4v) is 3.00. The number of aliphatic hydroxyl groups is 1. The molecule has 2 aromatic rings. The molecule has 0 saturated carbocycles. The number of hydrogen-bond acceptors (Lipinski definition) is 3. The molecular weight excluding hydrogens is 344 g/mol. The van der Waals surface area contributed by atoms with Gasteiger partial charge in [-0.05, 0) is 31.5 Å². The number of aliphatic hydroxyl groups excluding tert-OH is 1. The number of halogens is 1. The van der Waals surface area contributed by atoms with Crippen LogP contribution in [-0.4, -0.2) is 30.0 Å². The zero-order valence-electron chi connectivity index (χ0n) is 13.1. The van der Waals surface area contributed by atoms with Crippen LogP contribution in [0.2, 0.25) is 0 Å². The summed E-state index contributed by atoms with van der Waals surface area (Å²) in [6, 6.07) is 8.44. The number of fused-ring (bicyclic) bond motifs is 1. The summed E-state index contributed by atoms with van der Waals surface area (Å²) in [5.41, 5.74) is 1.50. The Bertz CT molecular complexity index is 700. The normalized spacial score (nSPS) is 13.3. The first-order valence-corrected chi connectivity index (χ1v) is 8.02. The summed E-state index contributed by atoms with van der Waals surface area (Å²) in [4.78, 5) is 0. The average Bonchev–Trinajstić information content (AvgIpc) is 2.85. The predicted molar refractivity (Wildman–Crippen MR) is 90.7 cm³/mol. The molecule has 0 radical (unpaired) electrons. The van der Waals surface area contributed by atoms with Crippen molar-refractivity contribution in [2.75, 3.05) is 20.3 Å². The van der Waals surface area contributed by atoms with Gasteiger partial charge in [0.15, 0.2) is 0 Å². The first kappa shape index (κ1) is 17.0. The van der Waals surface area contributed by atoms with Crippen molar-refractivity contribution in [3.8, 4) is 6.07 Å². The molecule has 0 spiro atoms. The molecule has 22 heavy (non-hydrogen) atoms. The second-order valence-corrected chi connectivity index (χ2v) is 7.01. The molecule has 0 bridgehead atoms. The van der Waals surface area contributed by atoms with Crippen LogP contribution in [0.1, 0.15) is 19.4 Å². The summed E-state index contributed by atoms with van der Waals surface area (Å²) in [5.74, 6) is 0.0256. The summed E-state index contributed by atoms with van der Waals surface area (Å²) in [5, 5.41) is 20.0. The Labute approximate surface area is 139 Å². The number of ether oxygens (including phenoxy) is 1. The molecule has 1 N–H and O–H groups in total. The Hall–Kier alpha value is -1.35. The molecular formula is C17H21BrN2O2. The van der Waals surface area contributed by atoms with E-state index in [0.29, 0.717) is 13.2 Å². The largest absolute Gasteiger partial charge is 0.396 e. The quantitative estimate of drug-likeness (QED) is 0.853. The number of nitrogens with zero attached hydrogens (tertiary/aromatic N) is 2. The molecule has 1 atom stereocenters. The fraction of sp³-hybridized carbons (Fsp3) is 0.471. The van der Waals surface area contributed by atoms with Gasteiger partial charge >= 0.3 is 0 Å². The van der Waals surface area contributed by atoms with Gasteiger partial charge in [0.05, 0.1) is 18.1 Å². The summed E-state index contributed by atoms with van der Waals surface area (Å²) in [6.45, 7) is 5.07. The first-order chi connectivity index (χ1) is 10.4. The van der Waals surface area contributed by atoms with Crippen LogP contribution in [0.5, 0.6) is 0 Å². The van der Waals surface area contributed by atoms with E-state index in [-0.39, 0.29) is 12.5 Å². The zero-order valence-corrected chi connectivity index (χ0v) is 14.7. The minimum atomic E-state index is -0.562. The van der Waals surface area contributed by atoms with E-state index in [1.807, 2.05) is 38.2 Å². The van der Waals surface area contributed by atoms with Crippen LogP contribution in [0.15, 0.2) is 28.9 Å². The van der Waals surface area contributed by atoms with E-state index in [1.54, 1.807) is 7.11 Å². The number of benzene rings is 1. The minimum absolute atomic E-state index is 0.0256. The lowest BCUT2D eigenvalue weighted by Gasteiger charge is -2.15. The van der Waals surface area contributed by atoms with E-state index in [2.05, 4.69) is 26.6 Å². The number of hydrogen-bond donors (Lipinski definition) is 1. The van der Waals surface area contributed by atoms with Crippen LogP contribution in [0.3, 0.4) is 0 Å². The third kappa shape index (κ3) is 3.35. The van der Waals surface area contributed by atoms with Crippen LogP contribution in [-0.2, 0) is 16.7 Å². The average molecular weight is 365 g/mol. The maximum absolute atomic E-state index is 9.50. The summed E-state index contributed by atoms with van der Waals surface area (Å²) in [7, 11) is 1.64. The van der Waals surface area contributed by atoms with Gasteiger partial charge in [0.1, 0.15) is 0 Å². The Kier molecular flexibility index (Phi) is 5.28. The van der Waals surface area contributed by atoms with Gasteiger partial charge in [0.2, 0.25) is 0 Å². The van der Waals surface area contributed by atoms with Gasteiger partial charge in [-0.25, -0.2) is 0 Å². The maximum Gasteiger partial charge on any atom is 0.0787 e. The second kappa shape index (κ2) is 6.82. The summed E-state index contributed by atoms with van der Waals surface area (Å²) >= 11 is 3.50. The molecule has 0 aliphatic carbocycles. The smallest absolute Gasteiger partial charge is 0.0787 e. The molecule has 5 heteroatoms. The van der Waals surface area contributed by atoms with Gasteiger partial charge in [0.25, 0.3) is 0 Å². The Morgan fingerprint density at radius 1 is 1.45 bits per heavy atom. The van der Waals surface area contributed by atoms with E-state index in [0.717, 1.165) is 20.9 Å². The molecule has 1 heterocycles. The van der Waals surface area contributed by atoms with Crippen molar-refractivity contribution in [2.45, 2.75) is 25.8 Å². The molecule has 1 aromatic carbocycles. The highest BCUT2D eigenvalue weighted by atomic mass is 79.9. The van der Waals surface area contributed by atoms with Crippen molar-refractivity contribution < 1.29 is 9.84 Å². The number of aromatic nitrogens is 1. The van der Waals surface area contributed by atoms with Crippen LogP contribution in [0.4, 0.5) is 0 Å². The monoisotopic (exact) mass is 364 g/mol. The number of rotatable bonds is 6. The minimum Gasteiger partial charge on any atom is -0.396 e. The fourth-order valence-electron chi connectivity index (χ4n) is 2.65. The van der Waals surface area contributed by atoms with Gasteiger partial charge in [-0.2, -0.15) is 5.26 Å². The molecule has 0 aliphatic rings. The lowest BCUT2D eigenvalue weighted by atomic mass is 9.86. The highest BCUT2D eigenvalue weighted by Crippen LogP contribution is 2.33. The summed E-state index contributed by atoms with van der Waals surface area (Å²) in [6.07, 6.45) is 2.03. The van der Waals surface area contributed by atoms with Gasteiger partial charge in [-0.1, -0.05) is 22.0 Å². The molecule has 0 saturated heterocycles. The third-order valence-electron chi connectivity index (χ3n) is 3.91. The van der Waals surface area contributed by atoms with Crippen molar-refractivity contribution in [3.63, 3.8) is 0 Å². The van der Waals surface area contributed by atoms with E-state index < -0.39 is 5.41 Å². The second-order valence-electron chi connectivity index (χ2n) is 6.10. The number of methoxy groups -OCH3 is 1. The Balaban J connectivity index is 2.55. The molecule has 4 nitrogen and oxygen atoms in total. The van der Waals surface area contributed by atoms with E-state index in [9.17, 15) is 10.4 Å². The lowest BCUT2D eigenvalue weighted by molar-refractivity contribution is 0.101. The van der Waals surface area contributed by atoms with Gasteiger partial charge in [-0.3, -0.25) is 0 Å². The van der Waals surface area contributed by atoms with Crippen LogP contribution < -0.4 is 0 Å². The van der Waals surface area contributed by atoms with E-state index >= 15 is 0 Å². The van der Waals surface area contributed by atoms with Crippen molar-refractivity contribution in [2.24, 2.45) is 5.92 Å². The molecule has 118 valence electrons. The van der Waals surface area contributed by atoms with Crippen molar-refractivity contribution in [1.82, 2.24) is 4.57 Å². The van der Waals surface area contributed by atoms with Crippen molar-refractivity contribution in [1.29, 1.82) is 5.26 Å². The predicted octanol–water partition coefficient (Wildman–Crippen LogP) is 3.46. The zero-order chi connectivity index (χ0) is 16.3. The van der Waals surface area contributed by atoms with Gasteiger partial charge in [-0.15, -0.1) is 0 Å². The lowest BCUT2D eigenvalue weighted by Crippen LogP contribution is -2.19. The molecule has 2 rings (SSSR count). The van der Waals surface area contributed by atoms with Gasteiger partial charge in [0, 0.05) is 47.8 Å². The van der Waals surface area contributed by atoms with Crippen molar-refractivity contribution >= 4 is 26.8 Å². The van der Waals surface area contributed by atoms with E-state index in [1.165, 1.54) is 0 Å². The van der Waals surface area contributed by atoms with Crippen LogP contribution >= 0.6 is 15.9 Å². The van der Waals surface area contributed by atoms with Crippen LogP contribution in [0, 0.1) is 17.2 Å². The molecule has 0 amide bonds. The summed E-state index contributed by atoms with van der Waals surface area (Å²) < 4.78 is 8.26. The first-order valence-electron chi connectivity index (χ1n) is 7.23. The molecule has 0 fully saturated rings. The third-order valence-corrected chi connectivity index (χ3v) is 4.41. The standard InChI is InChI=1S/C17H21BrN2O2/c1-17(2,11-19)15-8-20(7-12(9-21)10-22-3)16-6-13(18)4-5-14(15)16/h4-6,8,12,21H,7,9-10H2,1-3H3.